The Kier molecular flexibility index (Phi) is 7.37. The van der Waals surface area contributed by atoms with Gasteiger partial charge in [-0.15, -0.1) is 0 Å². The van der Waals surface area contributed by atoms with E-state index in [9.17, 15) is 4.79 Å². The molecule has 0 heterocycles. The third-order valence-corrected chi connectivity index (χ3v) is 0.470. The highest BCUT2D eigenvalue weighted by Gasteiger charge is 2.00. The lowest BCUT2D eigenvalue weighted by Gasteiger charge is -1.94. The smallest absolute Gasteiger partial charge is 0.316 e. The van der Waals surface area contributed by atoms with Gasteiger partial charge in [0.25, 0.3) is 0 Å². The van der Waals surface area contributed by atoms with Gasteiger partial charge in [-0.3, -0.25) is 4.79 Å². The second-order valence-electron chi connectivity index (χ2n) is 1.45. The molecule has 0 spiro atoms. The third-order valence-electron chi connectivity index (χ3n) is 0.470. The molecule has 2 N–H and O–H groups in total. The Bertz CT molecular complexity index is 71.7. The highest BCUT2D eigenvalue weighted by Crippen LogP contribution is 1.85. The van der Waals surface area contributed by atoms with Gasteiger partial charge in [0.05, 0.1) is 12.5 Å². The summed E-state index contributed by atoms with van der Waals surface area (Å²) in [4.78, 5) is 9.65. The number of rotatable bonds is 2. The lowest BCUT2D eigenvalue weighted by molar-refractivity contribution is -0.138. The average molecular weight is 130 g/mol. The predicted molar refractivity (Wildman–Crippen MR) is 32.5 cm³/mol. The number of carboxylic acids is 1. The fourth-order valence-electron chi connectivity index (χ4n) is 0.253. The van der Waals surface area contributed by atoms with Gasteiger partial charge in [0.1, 0.15) is 0 Å². The Morgan fingerprint density at radius 2 is 2.12 bits per heavy atom. The molecule has 0 unspecified atom stereocenters. The summed E-state index contributed by atoms with van der Waals surface area (Å²) in [5.41, 5.74) is 0. The molecule has 0 fully saturated rings. The van der Waals surface area contributed by atoms with E-state index in [1.165, 1.54) is 6.92 Å². The number of carbonyl (C=O) groups is 1. The minimum Gasteiger partial charge on any atom is -0.481 e. The van der Waals surface area contributed by atoms with Gasteiger partial charge < -0.3 is 10.2 Å². The fourth-order valence-corrected chi connectivity index (χ4v) is 0.253. The van der Waals surface area contributed by atoms with E-state index in [2.05, 4.69) is 0 Å². The highest BCUT2D eigenvalue weighted by atomic mass is 24.3. The van der Waals surface area contributed by atoms with E-state index in [0.29, 0.717) is 0 Å². The zero-order valence-electron chi connectivity index (χ0n) is 4.09. The van der Waals surface area contributed by atoms with Crippen LogP contribution in [0, 0.1) is 0 Å². The Morgan fingerprint density at radius 3 is 2.12 bits per heavy atom. The number of hydrogen-bond acceptors (Lipinski definition) is 2. The summed E-state index contributed by atoms with van der Waals surface area (Å²) in [6, 6.07) is 0. The van der Waals surface area contributed by atoms with Crippen molar-refractivity contribution < 1.29 is 15.0 Å². The maximum absolute atomic E-state index is 9.65. The number of aliphatic hydroxyl groups is 1. The molecule has 4 heteroatoms. The number of carboxylic acid groups (broad SMARTS) is 1. The first-order chi connectivity index (χ1) is 3.13. The van der Waals surface area contributed by atoms with Crippen molar-refractivity contribution in [3.63, 3.8) is 0 Å². The van der Waals surface area contributed by atoms with Gasteiger partial charge in [0.2, 0.25) is 0 Å². The number of hydrogen-bond donors (Lipinski definition) is 2. The molecule has 1 atom stereocenters. The first-order valence-corrected chi connectivity index (χ1v) is 2.03. The van der Waals surface area contributed by atoms with E-state index < -0.39 is 12.1 Å². The van der Waals surface area contributed by atoms with Crippen molar-refractivity contribution in [1.82, 2.24) is 0 Å². The maximum Gasteiger partial charge on any atom is 0.316 e. The average Bonchev–Trinajstić information content (AvgIpc) is 1.27. The van der Waals surface area contributed by atoms with Crippen molar-refractivity contribution in [3.05, 3.63) is 0 Å². The topological polar surface area (TPSA) is 57.5 Å². The fraction of sp³-hybridized carbons (Fsp3) is 0.750. The minimum absolute atomic E-state index is 0. The molecular weight excluding hydrogens is 120 g/mol. The van der Waals surface area contributed by atoms with Crippen LogP contribution in [0.2, 0.25) is 0 Å². The molecule has 0 radical (unpaired) electrons. The first kappa shape index (κ1) is 11.1. The standard InChI is InChI=1S/C4H8O3.Mg.2H/c1-3(5)2-4(6)7;;;/h3,5H,2H2,1H3,(H,6,7);;;/t3-;;;/m1.../s1. The largest absolute Gasteiger partial charge is 0.481 e. The molecule has 3 nitrogen and oxygen atoms in total. The summed E-state index contributed by atoms with van der Waals surface area (Å²) >= 11 is 0. The van der Waals surface area contributed by atoms with Crippen LogP contribution < -0.4 is 0 Å². The Morgan fingerprint density at radius 1 is 1.75 bits per heavy atom. The van der Waals surface area contributed by atoms with Crippen LogP contribution in [0.15, 0.2) is 0 Å². The third kappa shape index (κ3) is 9.50. The molecular formula is C4H10MgO3. The van der Waals surface area contributed by atoms with Gasteiger partial charge in [-0.1, -0.05) is 0 Å². The molecule has 0 aliphatic heterocycles. The summed E-state index contributed by atoms with van der Waals surface area (Å²) in [6.07, 6.45) is -0.891. The second-order valence-corrected chi connectivity index (χ2v) is 1.45. The summed E-state index contributed by atoms with van der Waals surface area (Å²) in [6.45, 7) is 1.44. The zero-order valence-corrected chi connectivity index (χ0v) is 4.09. The van der Waals surface area contributed by atoms with Crippen LogP contribution in [0.1, 0.15) is 13.3 Å². The van der Waals surface area contributed by atoms with Crippen LogP contribution in [-0.2, 0) is 4.79 Å². The Labute approximate surface area is 63.9 Å². The maximum atomic E-state index is 9.65. The normalized spacial score (nSPS) is 11.8. The molecule has 0 bridgehead atoms. The molecule has 0 aromatic rings. The van der Waals surface area contributed by atoms with Crippen molar-refractivity contribution in [3.8, 4) is 0 Å². The summed E-state index contributed by atoms with van der Waals surface area (Å²) in [7, 11) is 0. The van der Waals surface area contributed by atoms with Crippen molar-refractivity contribution >= 4 is 29.0 Å². The SMILES string of the molecule is C[C@@H](O)CC(=O)O.[MgH2]. The van der Waals surface area contributed by atoms with Crippen molar-refractivity contribution in [1.29, 1.82) is 0 Å². The number of aliphatic carboxylic acids is 1. The van der Waals surface area contributed by atoms with Crippen LogP contribution in [0.4, 0.5) is 0 Å². The van der Waals surface area contributed by atoms with Crippen molar-refractivity contribution in [2.24, 2.45) is 0 Å². The molecule has 0 saturated carbocycles. The van der Waals surface area contributed by atoms with Gasteiger partial charge >= 0.3 is 29.0 Å². The molecule has 0 aromatic carbocycles. The molecule has 46 valence electrons. The van der Waals surface area contributed by atoms with E-state index in [1.807, 2.05) is 0 Å². The van der Waals surface area contributed by atoms with Gasteiger partial charge in [-0.25, -0.2) is 0 Å². The summed E-state index contributed by atoms with van der Waals surface area (Å²) in [5.74, 6) is -0.963. The van der Waals surface area contributed by atoms with Crippen LogP contribution in [0.3, 0.4) is 0 Å². The molecule has 0 aliphatic carbocycles. The van der Waals surface area contributed by atoms with Crippen LogP contribution in [-0.4, -0.2) is 45.3 Å². The van der Waals surface area contributed by atoms with E-state index in [4.69, 9.17) is 10.2 Å². The van der Waals surface area contributed by atoms with Crippen molar-refractivity contribution in [2.75, 3.05) is 0 Å². The van der Waals surface area contributed by atoms with E-state index in [0.717, 1.165) is 0 Å². The van der Waals surface area contributed by atoms with E-state index >= 15 is 0 Å². The first-order valence-electron chi connectivity index (χ1n) is 2.03. The molecule has 0 rings (SSSR count). The Balaban J connectivity index is 0. The lowest BCUT2D eigenvalue weighted by atomic mass is 10.3. The minimum atomic E-state index is -0.963. The molecule has 8 heavy (non-hydrogen) atoms. The monoisotopic (exact) mass is 130 g/mol. The zero-order chi connectivity index (χ0) is 5.86. The van der Waals surface area contributed by atoms with Gasteiger partial charge in [0.15, 0.2) is 0 Å². The quantitative estimate of drug-likeness (QED) is 0.468. The molecule has 0 aromatic heterocycles. The summed E-state index contributed by atoms with van der Waals surface area (Å²) in [5, 5.41) is 16.3. The molecule has 0 aliphatic rings. The van der Waals surface area contributed by atoms with E-state index in [-0.39, 0.29) is 29.5 Å². The van der Waals surface area contributed by atoms with Gasteiger partial charge in [-0.2, -0.15) is 0 Å². The summed E-state index contributed by atoms with van der Waals surface area (Å²) < 4.78 is 0. The van der Waals surface area contributed by atoms with E-state index in [1.54, 1.807) is 0 Å². The molecule has 0 saturated heterocycles. The molecule has 0 amide bonds. The van der Waals surface area contributed by atoms with Crippen LogP contribution in [0.5, 0.6) is 0 Å². The highest BCUT2D eigenvalue weighted by molar-refractivity contribution is 5.75. The Hall–Kier alpha value is 0.196. The lowest BCUT2D eigenvalue weighted by Crippen LogP contribution is -2.07. The van der Waals surface area contributed by atoms with Gasteiger partial charge in [-0.05, 0) is 6.92 Å². The van der Waals surface area contributed by atoms with Crippen LogP contribution >= 0.6 is 0 Å². The van der Waals surface area contributed by atoms with Gasteiger partial charge in [0, 0.05) is 0 Å². The second kappa shape index (κ2) is 5.34. The van der Waals surface area contributed by atoms with Crippen LogP contribution in [0.25, 0.3) is 0 Å². The number of aliphatic hydroxyl groups excluding tert-OH is 1. The van der Waals surface area contributed by atoms with Crippen molar-refractivity contribution in [2.45, 2.75) is 19.4 Å². The predicted octanol–water partition coefficient (Wildman–Crippen LogP) is -1.07.